The van der Waals surface area contributed by atoms with Crippen LogP contribution < -0.4 is 5.32 Å². The molecule has 0 fully saturated rings. The summed E-state index contributed by atoms with van der Waals surface area (Å²) in [6.45, 7) is 2.66. The monoisotopic (exact) mass is 307 g/mol. The van der Waals surface area contributed by atoms with E-state index in [2.05, 4.69) is 12.2 Å². The van der Waals surface area contributed by atoms with E-state index in [1.54, 1.807) is 11.3 Å². The van der Waals surface area contributed by atoms with Crippen LogP contribution in [0.25, 0.3) is 0 Å². The summed E-state index contributed by atoms with van der Waals surface area (Å²) in [6.07, 6.45) is 2.70. The van der Waals surface area contributed by atoms with Gasteiger partial charge in [0.1, 0.15) is 5.82 Å². The second-order valence-corrected chi connectivity index (χ2v) is 6.01. The van der Waals surface area contributed by atoms with Gasteiger partial charge in [0.2, 0.25) is 0 Å². The van der Waals surface area contributed by atoms with E-state index in [-0.39, 0.29) is 11.9 Å². The number of hydrogen-bond donors (Lipinski definition) is 2. The molecule has 1 aromatic carbocycles. The van der Waals surface area contributed by atoms with Gasteiger partial charge in [0.25, 0.3) is 0 Å². The average Bonchev–Trinajstić information content (AvgIpc) is 3.03. The van der Waals surface area contributed by atoms with Crippen molar-refractivity contribution >= 4 is 11.3 Å². The topological polar surface area (TPSA) is 32.3 Å². The third-order valence-electron chi connectivity index (χ3n) is 3.60. The van der Waals surface area contributed by atoms with Crippen LogP contribution >= 0.6 is 11.3 Å². The molecule has 0 aliphatic carbocycles. The molecule has 1 aromatic heterocycles. The van der Waals surface area contributed by atoms with Gasteiger partial charge in [-0.3, -0.25) is 0 Å². The zero-order valence-corrected chi connectivity index (χ0v) is 13.1. The van der Waals surface area contributed by atoms with Crippen LogP contribution in [0, 0.1) is 5.82 Å². The first-order valence-electron chi connectivity index (χ1n) is 7.39. The number of nitrogens with one attached hydrogen (secondary N) is 1. The molecular formula is C17H22FNOS. The maximum Gasteiger partial charge on any atom is 0.123 e. The number of thiophene rings is 1. The summed E-state index contributed by atoms with van der Waals surface area (Å²) >= 11 is 1.58. The fourth-order valence-corrected chi connectivity index (χ4v) is 3.03. The van der Waals surface area contributed by atoms with Gasteiger partial charge in [-0.2, -0.15) is 11.3 Å². The van der Waals surface area contributed by atoms with Crippen LogP contribution in [0.3, 0.4) is 0 Å². The Morgan fingerprint density at radius 3 is 2.57 bits per heavy atom. The van der Waals surface area contributed by atoms with Gasteiger partial charge in [-0.1, -0.05) is 31.9 Å². The molecule has 0 saturated carbocycles. The molecule has 0 radical (unpaired) electrons. The van der Waals surface area contributed by atoms with Crippen LogP contribution in [0.2, 0.25) is 0 Å². The summed E-state index contributed by atoms with van der Waals surface area (Å²) in [7, 11) is 0. The lowest BCUT2D eigenvalue weighted by Crippen LogP contribution is -2.26. The minimum Gasteiger partial charge on any atom is -0.387 e. The van der Waals surface area contributed by atoms with Gasteiger partial charge in [0, 0.05) is 12.6 Å². The molecule has 2 aromatic rings. The van der Waals surface area contributed by atoms with Crippen LogP contribution in [-0.2, 0) is 0 Å². The molecule has 0 spiro atoms. The maximum atomic E-state index is 13.0. The van der Waals surface area contributed by atoms with E-state index in [1.807, 2.05) is 29.0 Å². The number of aliphatic hydroxyl groups is 1. The first-order chi connectivity index (χ1) is 10.2. The molecule has 0 saturated heterocycles. The number of aliphatic hydroxyl groups excluding tert-OH is 1. The number of rotatable bonds is 8. The highest BCUT2D eigenvalue weighted by atomic mass is 32.1. The number of benzene rings is 1. The molecule has 1 heterocycles. The van der Waals surface area contributed by atoms with Crippen LogP contribution in [0.1, 0.15) is 49.5 Å². The summed E-state index contributed by atoms with van der Waals surface area (Å²) in [5, 5.41) is 17.5. The van der Waals surface area contributed by atoms with E-state index in [9.17, 15) is 9.50 Å². The lowest BCUT2D eigenvalue weighted by molar-refractivity contribution is 0.169. The van der Waals surface area contributed by atoms with E-state index < -0.39 is 6.10 Å². The predicted molar refractivity (Wildman–Crippen MR) is 85.9 cm³/mol. The number of unbranched alkanes of at least 4 members (excludes halogenated alkanes) is 1. The van der Waals surface area contributed by atoms with E-state index in [0.717, 1.165) is 30.4 Å². The fourth-order valence-electron chi connectivity index (χ4n) is 2.33. The third-order valence-corrected chi connectivity index (χ3v) is 4.31. The van der Waals surface area contributed by atoms with Gasteiger partial charge in [0.15, 0.2) is 0 Å². The lowest BCUT2D eigenvalue weighted by atomic mass is 10.0. The van der Waals surface area contributed by atoms with Crippen molar-refractivity contribution in [1.82, 2.24) is 5.32 Å². The molecule has 2 atom stereocenters. The largest absolute Gasteiger partial charge is 0.387 e. The Hall–Kier alpha value is -1.23. The summed E-state index contributed by atoms with van der Waals surface area (Å²) in [6, 6.07) is 8.71. The standard InChI is InChI=1S/C17H22FNOS/c1-2-3-4-16(13-5-7-15(18)8-6-13)19-11-17(20)14-9-10-21-12-14/h5-10,12,16-17,19-20H,2-4,11H2,1H3. The zero-order chi connectivity index (χ0) is 15.1. The molecule has 0 amide bonds. The lowest BCUT2D eigenvalue weighted by Gasteiger charge is -2.21. The Bertz CT molecular complexity index is 512. The molecule has 0 aliphatic heterocycles. The second-order valence-electron chi connectivity index (χ2n) is 5.23. The number of hydrogen-bond acceptors (Lipinski definition) is 3. The minimum atomic E-state index is -0.499. The van der Waals surface area contributed by atoms with Gasteiger partial charge >= 0.3 is 0 Å². The highest BCUT2D eigenvalue weighted by molar-refractivity contribution is 7.07. The third kappa shape index (κ3) is 4.92. The normalized spacial score (nSPS) is 14.0. The van der Waals surface area contributed by atoms with Gasteiger partial charge in [-0.25, -0.2) is 4.39 Å². The molecule has 114 valence electrons. The highest BCUT2D eigenvalue weighted by Gasteiger charge is 2.14. The second kappa shape index (κ2) is 8.27. The minimum absolute atomic E-state index is 0.152. The Labute approximate surface area is 129 Å². The Balaban J connectivity index is 1.97. The smallest absolute Gasteiger partial charge is 0.123 e. The van der Waals surface area contributed by atoms with E-state index >= 15 is 0 Å². The van der Waals surface area contributed by atoms with Gasteiger partial charge < -0.3 is 10.4 Å². The van der Waals surface area contributed by atoms with Crippen molar-refractivity contribution in [3.8, 4) is 0 Å². The van der Waals surface area contributed by atoms with Crippen molar-refractivity contribution in [2.24, 2.45) is 0 Å². The molecule has 2 rings (SSSR count). The molecule has 0 bridgehead atoms. The van der Waals surface area contributed by atoms with E-state index in [0.29, 0.717) is 6.54 Å². The van der Waals surface area contributed by atoms with Crippen molar-refractivity contribution < 1.29 is 9.50 Å². The van der Waals surface area contributed by atoms with Crippen LogP contribution in [-0.4, -0.2) is 11.7 Å². The molecule has 2 unspecified atom stereocenters. The summed E-state index contributed by atoms with van der Waals surface area (Å²) in [5.41, 5.74) is 2.02. The molecule has 21 heavy (non-hydrogen) atoms. The molecule has 0 aliphatic rings. The van der Waals surface area contributed by atoms with Gasteiger partial charge in [0.05, 0.1) is 6.10 Å². The van der Waals surface area contributed by atoms with Crippen LogP contribution in [0.4, 0.5) is 4.39 Å². The quantitative estimate of drug-likeness (QED) is 0.755. The fraction of sp³-hybridized carbons (Fsp3) is 0.412. The Kier molecular flexibility index (Phi) is 6.36. The summed E-state index contributed by atoms with van der Waals surface area (Å²) in [4.78, 5) is 0. The molecule has 2 nitrogen and oxygen atoms in total. The first kappa shape index (κ1) is 16.1. The van der Waals surface area contributed by atoms with Crippen LogP contribution in [0.5, 0.6) is 0 Å². The van der Waals surface area contributed by atoms with Crippen molar-refractivity contribution in [3.63, 3.8) is 0 Å². The molecule has 4 heteroatoms. The van der Waals surface area contributed by atoms with Crippen molar-refractivity contribution in [1.29, 1.82) is 0 Å². The number of halogens is 1. The van der Waals surface area contributed by atoms with Gasteiger partial charge in [-0.15, -0.1) is 0 Å². The maximum absolute atomic E-state index is 13.0. The average molecular weight is 307 g/mol. The zero-order valence-electron chi connectivity index (χ0n) is 12.3. The van der Waals surface area contributed by atoms with Crippen molar-refractivity contribution in [2.75, 3.05) is 6.54 Å². The molecular weight excluding hydrogens is 285 g/mol. The van der Waals surface area contributed by atoms with E-state index in [4.69, 9.17) is 0 Å². The summed E-state index contributed by atoms with van der Waals surface area (Å²) < 4.78 is 13.0. The van der Waals surface area contributed by atoms with Crippen molar-refractivity contribution in [2.45, 2.75) is 38.3 Å². The molecule has 2 N–H and O–H groups in total. The summed E-state index contributed by atoms with van der Waals surface area (Å²) in [5.74, 6) is -0.216. The van der Waals surface area contributed by atoms with Gasteiger partial charge in [-0.05, 0) is 46.5 Å². The van der Waals surface area contributed by atoms with E-state index in [1.165, 1.54) is 12.1 Å². The first-order valence-corrected chi connectivity index (χ1v) is 8.34. The Morgan fingerprint density at radius 2 is 1.95 bits per heavy atom. The van der Waals surface area contributed by atoms with Crippen LogP contribution in [0.15, 0.2) is 41.1 Å². The SMILES string of the molecule is CCCCC(NCC(O)c1ccsc1)c1ccc(F)cc1. The van der Waals surface area contributed by atoms with Crippen molar-refractivity contribution in [3.05, 3.63) is 58.0 Å². The predicted octanol–water partition coefficient (Wildman–Crippen LogP) is 4.44. The Morgan fingerprint density at radius 1 is 1.19 bits per heavy atom. The highest BCUT2D eigenvalue weighted by Crippen LogP contribution is 2.22.